The molecule has 1 N–H and O–H groups in total. The molecule has 2 bridgehead atoms. The lowest BCUT2D eigenvalue weighted by molar-refractivity contribution is -0.134. The van der Waals surface area contributed by atoms with Gasteiger partial charge in [0.25, 0.3) is 5.91 Å². The first kappa shape index (κ1) is 27.9. The Kier molecular flexibility index (Phi) is 6.86. The van der Waals surface area contributed by atoms with Gasteiger partial charge in [-0.2, -0.15) is 0 Å². The number of ether oxygens (including phenoxy) is 2. The molecule has 2 aliphatic carbocycles. The molecule has 3 amide bonds. The van der Waals surface area contributed by atoms with E-state index in [-0.39, 0.29) is 70.0 Å². The Morgan fingerprint density at radius 3 is 2.45 bits per heavy atom. The highest BCUT2D eigenvalue weighted by atomic mass is 32.2. The molecule has 44 heavy (non-hydrogen) atoms. The zero-order chi connectivity index (χ0) is 30.1. The van der Waals surface area contributed by atoms with Crippen LogP contribution < -0.4 is 19.2 Å². The van der Waals surface area contributed by atoms with E-state index < -0.39 is 0 Å². The maximum absolute atomic E-state index is 13.9. The number of thiazole rings is 1. The molecule has 11 heteroatoms. The molecule has 0 radical (unpaired) electrons. The zero-order valence-corrected chi connectivity index (χ0v) is 25.9. The minimum Gasteiger partial charge on any atom is -0.493 e. The topological polar surface area (TPSA) is 109 Å². The fourth-order valence-electron chi connectivity index (χ4n) is 8.59. The molecule has 7 atom stereocenters. The number of nitrogens with zero attached hydrogens (tertiary/aromatic N) is 2. The lowest BCUT2D eigenvalue weighted by Crippen LogP contribution is -2.42. The van der Waals surface area contributed by atoms with Crippen LogP contribution in [0.25, 0.3) is 0 Å². The number of thioether (sulfide) groups is 1. The third-order valence-corrected chi connectivity index (χ3v) is 12.9. The SMILES string of the molecule is COc1cc([C@@H]2c3sc(=O)[nH]c3S[C@@H]3[C@@H]4C[C@@H]([C@@H]5C(=O)N(c6ccccc6)C(=O)[C@@H]45)[C@H]23)ccc1OCC(=O)N1CCCCC1. The predicted molar refractivity (Wildman–Crippen MR) is 166 cm³/mol. The minimum atomic E-state index is -0.362. The molecule has 2 saturated carbocycles. The average Bonchev–Trinajstić information content (AvgIpc) is 3.79. The Bertz CT molecular complexity index is 1700. The van der Waals surface area contributed by atoms with Gasteiger partial charge in [-0.3, -0.25) is 24.1 Å². The fourth-order valence-corrected chi connectivity index (χ4v) is 11.5. The summed E-state index contributed by atoms with van der Waals surface area (Å²) in [7, 11) is 1.58. The number of piperidine rings is 1. The van der Waals surface area contributed by atoms with Crippen molar-refractivity contribution in [3.63, 3.8) is 0 Å². The highest BCUT2D eigenvalue weighted by molar-refractivity contribution is 8.00. The van der Waals surface area contributed by atoms with E-state index in [0.717, 1.165) is 54.2 Å². The number of amides is 3. The molecule has 5 aliphatic rings. The number of nitrogens with one attached hydrogen (secondary N) is 1. The average molecular weight is 632 g/mol. The van der Waals surface area contributed by atoms with E-state index in [4.69, 9.17) is 9.47 Å². The Morgan fingerprint density at radius 2 is 1.70 bits per heavy atom. The van der Waals surface area contributed by atoms with E-state index in [1.54, 1.807) is 18.9 Å². The number of aromatic amines is 1. The molecule has 8 rings (SSSR count). The number of H-pyrrole nitrogens is 1. The fraction of sp³-hybridized carbons (Fsp3) is 0.455. The van der Waals surface area contributed by atoms with Crippen LogP contribution in [-0.4, -0.2) is 59.7 Å². The van der Waals surface area contributed by atoms with Crippen molar-refractivity contribution in [2.75, 3.05) is 31.7 Å². The Labute approximate surface area is 262 Å². The lowest BCUT2D eigenvalue weighted by Gasteiger charge is -2.43. The number of benzene rings is 2. The summed E-state index contributed by atoms with van der Waals surface area (Å²) >= 11 is 2.90. The van der Waals surface area contributed by atoms with Gasteiger partial charge in [0, 0.05) is 29.1 Å². The first-order valence-electron chi connectivity index (χ1n) is 15.4. The summed E-state index contributed by atoms with van der Waals surface area (Å²) in [4.78, 5) is 60.3. The molecule has 9 nitrogen and oxygen atoms in total. The number of fused-ring (bicyclic) bond motifs is 9. The summed E-state index contributed by atoms with van der Waals surface area (Å²) in [6.07, 6.45) is 4.01. The van der Waals surface area contributed by atoms with Crippen LogP contribution in [0.15, 0.2) is 58.4 Å². The van der Waals surface area contributed by atoms with E-state index in [1.807, 2.05) is 53.4 Å². The lowest BCUT2D eigenvalue weighted by atomic mass is 9.68. The number of carbonyl (C=O) groups excluding carboxylic acids is 3. The third-order valence-electron chi connectivity index (χ3n) is 10.3. The molecule has 2 saturated heterocycles. The molecule has 0 unspecified atom stereocenters. The maximum atomic E-state index is 13.9. The number of hydrogen-bond acceptors (Lipinski definition) is 8. The number of hydrogen-bond donors (Lipinski definition) is 1. The van der Waals surface area contributed by atoms with Gasteiger partial charge in [-0.05, 0) is 73.3 Å². The molecule has 3 aliphatic heterocycles. The molecule has 1 aromatic heterocycles. The number of aromatic nitrogens is 1. The molecular formula is C33H33N3O6S2. The summed E-state index contributed by atoms with van der Waals surface area (Å²) in [5.41, 5.74) is 1.61. The van der Waals surface area contributed by atoms with Gasteiger partial charge in [0.05, 0.1) is 29.7 Å². The predicted octanol–water partition coefficient (Wildman–Crippen LogP) is 4.51. The Morgan fingerprint density at radius 1 is 0.955 bits per heavy atom. The number of rotatable bonds is 6. The first-order chi connectivity index (χ1) is 21.4. The number of imide groups is 1. The largest absolute Gasteiger partial charge is 0.493 e. The summed E-state index contributed by atoms with van der Waals surface area (Å²) in [6, 6.07) is 15.0. The molecule has 4 fully saturated rings. The van der Waals surface area contributed by atoms with Crippen LogP contribution >= 0.6 is 23.1 Å². The molecule has 2 aromatic carbocycles. The Balaban J connectivity index is 1.12. The number of methoxy groups -OCH3 is 1. The smallest absolute Gasteiger partial charge is 0.305 e. The second-order valence-corrected chi connectivity index (χ2v) is 14.7. The molecule has 3 aromatic rings. The highest BCUT2D eigenvalue weighted by Crippen LogP contribution is 2.68. The van der Waals surface area contributed by atoms with Crippen molar-refractivity contribution < 1.29 is 23.9 Å². The second-order valence-electron chi connectivity index (χ2n) is 12.4. The normalized spacial score (nSPS) is 30.2. The van der Waals surface area contributed by atoms with E-state index >= 15 is 0 Å². The van der Waals surface area contributed by atoms with Crippen LogP contribution in [0.4, 0.5) is 5.69 Å². The van der Waals surface area contributed by atoms with E-state index in [2.05, 4.69) is 4.98 Å². The van der Waals surface area contributed by atoms with Gasteiger partial charge in [-0.1, -0.05) is 35.6 Å². The minimum absolute atomic E-state index is 0.0205. The summed E-state index contributed by atoms with van der Waals surface area (Å²) in [6.45, 7) is 1.48. The number of anilines is 1. The highest BCUT2D eigenvalue weighted by Gasteiger charge is 2.69. The van der Waals surface area contributed by atoms with Gasteiger partial charge in [0.15, 0.2) is 18.1 Å². The van der Waals surface area contributed by atoms with Gasteiger partial charge < -0.3 is 19.4 Å². The van der Waals surface area contributed by atoms with E-state index in [0.29, 0.717) is 17.2 Å². The molecule has 0 spiro atoms. The van der Waals surface area contributed by atoms with Crippen LogP contribution in [0.2, 0.25) is 0 Å². The van der Waals surface area contributed by atoms with Crippen LogP contribution in [0.5, 0.6) is 11.5 Å². The van der Waals surface area contributed by atoms with Crippen molar-refractivity contribution in [2.24, 2.45) is 29.6 Å². The van der Waals surface area contributed by atoms with Gasteiger partial charge in [0.2, 0.25) is 11.8 Å². The zero-order valence-electron chi connectivity index (χ0n) is 24.3. The van der Waals surface area contributed by atoms with Crippen molar-refractivity contribution in [3.05, 3.63) is 68.6 Å². The summed E-state index contributed by atoms with van der Waals surface area (Å²) in [5, 5.41) is 0.957. The van der Waals surface area contributed by atoms with Gasteiger partial charge in [-0.25, -0.2) is 0 Å². The molecule has 4 heterocycles. The number of likely N-dealkylation sites (tertiary alicyclic amines) is 1. The maximum Gasteiger partial charge on any atom is 0.305 e. The summed E-state index contributed by atoms with van der Waals surface area (Å²) < 4.78 is 11.7. The second kappa shape index (κ2) is 10.8. The first-order valence-corrected chi connectivity index (χ1v) is 17.0. The van der Waals surface area contributed by atoms with Crippen LogP contribution in [0, 0.1) is 29.6 Å². The van der Waals surface area contributed by atoms with Crippen molar-refractivity contribution >= 4 is 46.5 Å². The quantitative estimate of drug-likeness (QED) is 0.399. The Hall–Kier alpha value is -3.57. The third kappa shape index (κ3) is 4.26. The number of carbonyl (C=O) groups is 3. The van der Waals surface area contributed by atoms with Gasteiger partial charge in [-0.15, -0.1) is 11.8 Å². The van der Waals surface area contributed by atoms with Gasteiger partial charge in [0.1, 0.15) is 0 Å². The molecule has 228 valence electrons. The summed E-state index contributed by atoms with van der Waals surface area (Å²) in [5.74, 6) is 0.109. The number of para-hydroxylation sites is 1. The molecular weight excluding hydrogens is 599 g/mol. The standard InChI is InChI=1S/C33H33N3O6S2/c1-41-22-14-17(10-11-21(22)42-16-23(37)35-12-6-3-7-13-35)24-25-19-15-20(28(25)43-30-29(24)44-33(40)34-30)27-26(19)31(38)36(32(27)39)18-8-4-2-5-9-18/h2,4-5,8-11,14,19-20,24-28H,3,6-7,12-13,15-16H2,1H3,(H,34,40)/t19-,20-,24+,25-,26+,27+,28-/m1/s1. The van der Waals surface area contributed by atoms with E-state index in [9.17, 15) is 19.2 Å². The van der Waals surface area contributed by atoms with Crippen LogP contribution in [-0.2, 0) is 14.4 Å². The van der Waals surface area contributed by atoms with Crippen LogP contribution in [0.3, 0.4) is 0 Å². The van der Waals surface area contributed by atoms with Crippen molar-refractivity contribution in [3.8, 4) is 11.5 Å². The van der Waals surface area contributed by atoms with E-state index in [1.165, 1.54) is 16.2 Å². The van der Waals surface area contributed by atoms with Crippen molar-refractivity contribution in [1.82, 2.24) is 9.88 Å². The van der Waals surface area contributed by atoms with Crippen molar-refractivity contribution in [1.29, 1.82) is 0 Å². The van der Waals surface area contributed by atoms with Crippen molar-refractivity contribution in [2.45, 2.75) is 41.9 Å². The van der Waals surface area contributed by atoms with Gasteiger partial charge >= 0.3 is 4.87 Å². The van der Waals surface area contributed by atoms with Crippen LogP contribution in [0.1, 0.15) is 42.0 Å². The monoisotopic (exact) mass is 631 g/mol.